The zero-order chi connectivity index (χ0) is 18.4. The first-order valence-electron chi connectivity index (χ1n) is 9.80. The van der Waals surface area contributed by atoms with E-state index in [2.05, 4.69) is 15.0 Å². The van der Waals surface area contributed by atoms with Crippen LogP contribution in [0.2, 0.25) is 0 Å². The van der Waals surface area contributed by atoms with Crippen LogP contribution in [0.15, 0.2) is 15.0 Å². The quantitative estimate of drug-likeness (QED) is 0.540. The molecule has 4 bridgehead atoms. The van der Waals surface area contributed by atoms with E-state index in [0.717, 1.165) is 25.3 Å². The third kappa shape index (κ3) is 4.27. The molecule has 0 heterocycles. The summed E-state index contributed by atoms with van der Waals surface area (Å²) in [5.41, 5.74) is 0.433. The lowest BCUT2D eigenvalue weighted by molar-refractivity contribution is 0.267. The summed E-state index contributed by atoms with van der Waals surface area (Å²) >= 11 is 0. The van der Waals surface area contributed by atoms with Gasteiger partial charge in [0, 0.05) is 0 Å². The van der Waals surface area contributed by atoms with E-state index in [1.165, 1.54) is 38.5 Å². The lowest BCUT2D eigenvalue weighted by atomic mass is 9.82. The van der Waals surface area contributed by atoms with Crippen molar-refractivity contribution in [1.82, 2.24) is 0 Å². The minimum Gasteiger partial charge on any atom is -0.211 e. The summed E-state index contributed by atoms with van der Waals surface area (Å²) in [4.78, 5) is 41.0. The second-order valence-electron chi connectivity index (χ2n) is 8.67. The van der Waals surface area contributed by atoms with Crippen LogP contribution in [-0.4, -0.2) is 37.9 Å². The SMILES string of the molecule is O=C=NCC12CCC(CC1)C2.O=C=NCC1CC2CC1CC2CN=C=O. The van der Waals surface area contributed by atoms with Crippen molar-refractivity contribution in [2.45, 2.75) is 51.4 Å². The molecule has 0 aromatic carbocycles. The Morgan fingerprint density at radius 3 is 1.69 bits per heavy atom. The highest BCUT2D eigenvalue weighted by Crippen LogP contribution is 2.54. The molecule has 4 rings (SSSR count). The fraction of sp³-hybridized carbons (Fsp3) is 0.850. The highest BCUT2D eigenvalue weighted by atomic mass is 16.1. The molecule has 6 nitrogen and oxygen atoms in total. The summed E-state index contributed by atoms with van der Waals surface area (Å²) in [5.74, 6) is 3.44. The van der Waals surface area contributed by atoms with Crippen molar-refractivity contribution in [3.05, 3.63) is 0 Å². The highest BCUT2D eigenvalue weighted by molar-refractivity contribution is 5.33. The van der Waals surface area contributed by atoms with Gasteiger partial charge in [0.25, 0.3) is 0 Å². The number of hydrogen-bond donors (Lipinski definition) is 0. The molecular weight excluding hydrogens is 330 g/mol. The molecule has 4 atom stereocenters. The lowest BCUT2D eigenvalue weighted by Crippen LogP contribution is -2.21. The number of isocyanates is 3. The van der Waals surface area contributed by atoms with Gasteiger partial charge in [-0.1, -0.05) is 0 Å². The number of carbonyl (C=O) groups excluding carboxylic acids is 3. The third-order valence-corrected chi connectivity index (χ3v) is 7.30. The highest BCUT2D eigenvalue weighted by Gasteiger charge is 2.45. The van der Waals surface area contributed by atoms with Crippen LogP contribution in [0.3, 0.4) is 0 Å². The van der Waals surface area contributed by atoms with Gasteiger partial charge in [-0.3, -0.25) is 0 Å². The molecule has 0 spiro atoms. The Labute approximate surface area is 154 Å². The topological polar surface area (TPSA) is 88.3 Å². The molecule has 140 valence electrons. The molecule has 0 aromatic rings. The first kappa shape index (κ1) is 18.9. The predicted molar refractivity (Wildman–Crippen MR) is 95.8 cm³/mol. The van der Waals surface area contributed by atoms with E-state index in [9.17, 15) is 14.4 Å². The second kappa shape index (κ2) is 8.68. The Morgan fingerprint density at radius 2 is 1.31 bits per heavy atom. The second-order valence-corrected chi connectivity index (χ2v) is 8.67. The van der Waals surface area contributed by atoms with E-state index in [1.54, 1.807) is 18.2 Å². The molecule has 26 heavy (non-hydrogen) atoms. The van der Waals surface area contributed by atoms with E-state index in [0.29, 0.717) is 42.2 Å². The van der Waals surface area contributed by atoms with E-state index >= 15 is 0 Å². The molecule has 0 N–H and O–H groups in total. The van der Waals surface area contributed by atoms with Crippen LogP contribution in [0.4, 0.5) is 0 Å². The van der Waals surface area contributed by atoms with Crippen LogP contribution >= 0.6 is 0 Å². The fourth-order valence-corrected chi connectivity index (χ4v) is 6.00. The molecule has 0 aromatic heterocycles. The zero-order valence-corrected chi connectivity index (χ0v) is 15.2. The van der Waals surface area contributed by atoms with Crippen LogP contribution in [0.25, 0.3) is 0 Å². The summed E-state index contributed by atoms with van der Waals surface area (Å²) < 4.78 is 0. The molecule has 4 aliphatic rings. The maximum absolute atomic E-state index is 10.0. The van der Waals surface area contributed by atoms with Gasteiger partial charge in [-0.25, -0.2) is 29.4 Å². The summed E-state index contributed by atoms with van der Waals surface area (Å²) in [6.45, 7) is 2.01. The van der Waals surface area contributed by atoms with Crippen molar-refractivity contribution in [3.63, 3.8) is 0 Å². The van der Waals surface area contributed by atoms with Crippen LogP contribution in [0.1, 0.15) is 51.4 Å². The van der Waals surface area contributed by atoms with Gasteiger partial charge in [-0.15, -0.1) is 0 Å². The Balaban J connectivity index is 0.000000158. The van der Waals surface area contributed by atoms with Crippen LogP contribution in [0, 0.1) is 35.0 Å². The van der Waals surface area contributed by atoms with Crippen molar-refractivity contribution in [3.8, 4) is 0 Å². The normalized spacial score (nSPS) is 38.5. The van der Waals surface area contributed by atoms with Crippen LogP contribution in [-0.2, 0) is 14.4 Å². The molecular formula is C20H27N3O3. The molecule has 4 fully saturated rings. The van der Waals surface area contributed by atoms with Gasteiger partial charge in [0.2, 0.25) is 18.2 Å². The lowest BCUT2D eigenvalue weighted by Gasteiger charge is -2.25. The van der Waals surface area contributed by atoms with E-state index in [-0.39, 0.29) is 0 Å². The molecule has 6 heteroatoms. The number of fused-ring (bicyclic) bond motifs is 4. The van der Waals surface area contributed by atoms with Crippen molar-refractivity contribution in [1.29, 1.82) is 0 Å². The van der Waals surface area contributed by atoms with E-state index in [1.807, 2.05) is 0 Å². The van der Waals surface area contributed by atoms with Gasteiger partial charge in [0.1, 0.15) is 0 Å². The smallest absolute Gasteiger partial charge is 0.211 e. The average Bonchev–Trinajstić information content (AvgIpc) is 3.43. The molecule has 0 saturated heterocycles. The fourth-order valence-electron chi connectivity index (χ4n) is 6.00. The Hall–Kier alpha value is -1.86. The summed E-state index contributed by atoms with van der Waals surface area (Å²) in [7, 11) is 0. The maximum Gasteiger partial charge on any atom is 0.234 e. The first-order chi connectivity index (χ1) is 12.7. The molecule has 4 aliphatic carbocycles. The molecule has 0 amide bonds. The Morgan fingerprint density at radius 1 is 0.769 bits per heavy atom. The number of hydrogen-bond acceptors (Lipinski definition) is 6. The van der Waals surface area contributed by atoms with Gasteiger partial charge >= 0.3 is 0 Å². The van der Waals surface area contributed by atoms with Gasteiger partial charge < -0.3 is 0 Å². The first-order valence-corrected chi connectivity index (χ1v) is 9.80. The van der Waals surface area contributed by atoms with E-state index in [4.69, 9.17) is 0 Å². The van der Waals surface area contributed by atoms with Gasteiger partial charge in [0.05, 0.1) is 19.6 Å². The van der Waals surface area contributed by atoms with Gasteiger partial charge in [-0.2, -0.15) is 0 Å². The summed E-state index contributed by atoms with van der Waals surface area (Å²) in [5, 5.41) is 0. The largest absolute Gasteiger partial charge is 0.234 e. The number of rotatable bonds is 6. The zero-order valence-electron chi connectivity index (χ0n) is 15.2. The molecule has 4 saturated carbocycles. The van der Waals surface area contributed by atoms with Crippen molar-refractivity contribution >= 4 is 18.2 Å². The van der Waals surface area contributed by atoms with E-state index < -0.39 is 0 Å². The summed E-state index contributed by atoms with van der Waals surface area (Å²) in [6, 6.07) is 0. The minimum absolute atomic E-state index is 0.433. The molecule has 4 unspecified atom stereocenters. The third-order valence-electron chi connectivity index (χ3n) is 7.30. The number of nitrogens with zero attached hydrogens (tertiary/aromatic N) is 3. The molecule has 0 aliphatic heterocycles. The van der Waals surface area contributed by atoms with Gasteiger partial charge in [0.15, 0.2) is 0 Å². The average molecular weight is 357 g/mol. The molecule has 0 radical (unpaired) electrons. The Kier molecular flexibility index (Phi) is 6.32. The van der Waals surface area contributed by atoms with Crippen LogP contribution < -0.4 is 0 Å². The van der Waals surface area contributed by atoms with Crippen molar-refractivity contribution in [2.24, 2.45) is 50.0 Å². The summed E-state index contributed by atoms with van der Waals surface area (Å²) in [6.07, 6.45) is 15.0. The minimum atomic E-state index is 0.433. The number of aliphatic imine (C=N–C) groups is 3. The van der Waals surface area contributed by atoms with Crippen molar-refractivity contribution < 1.29 is 14.4 Å². The predicted octanol–water partition coefficient (Wildman–Crippen LogP) is 3.22. The maximum atomic E-state index is 10.0. The van der Waals surface area contributed by atoms with Crippen LogP contribution in [0.5, 0.6) is 0 Å². The standard InChI is InChI=1S/C11H14N2O2.C9H13NO/c14-6-12-4-10-2-8-1-9(10)3-11(8)5-13-7-15;11-7-10-6-9-3-1-8(5-9)2-4-9/h8-11H,1-5H2;8H,1-6H2. The van der Waals surface area contributed by atoms with Gasteiger partial charge in [-0.05, 0) is 86.4 Å². The van der Waals surface area contributed by atoms with Crippen molar-refractivity contribution in [2.75, 3.05) is 19.6 Å². The monoisotopic (exact) mass is 357 g/mol. The Bertz CT molecular complexity index is 605.